The molecule has 0 unspecified atom stereocenters. The fourth-order valence-electron chi connectivity index (χ4n) is 0.952. The van der Waals surface area contributed by atoms with E-state index in [4.69, 9.17) is 5.73 Å². The summed E-state index contributed by atoms with van der Waals surface area (Å²) in [6.45, 7) is 2.87. The molecule has 1 rings (SSSR count). The summed E-state index contributed by atoms with van der Waals surface area (Å²) in [5, 5.41) is 3.10. The molecule has 68 valence electrons. The summed E-state index contributed by atoms with van der Waals surface area (Å²) < 4.78 is 1.61. The number of aromatic amines is 1. The highest BCUT2D eigenvalue weighted by atomic mass is 16.1. The van der Waals surface area contributed by atoms with Gasteiger partial charge in [0.1, 0.15) is 0 Å². The van der Waals surface area contributed by atoms with E-state index in [-0.39, 0.29) is 5.69 Å². The minimum Gasteiger partial charge on any atom is -0.329 e. The number of imidazole rings is 1. The largest absolute Gasteiger partial charge is 0.329 e. The van der Waals surface area contributed by atoms with Crippen LogP contribution >= 0.6 is 0 Å². The third-order valence-corrected chi connectivity index (χ3v) is 1.57. The first-order valence-corrected chi connectivity index (χ1v) is 3.99. The van der Waals surface area contributed by atoms with E-state index in [0.29, 0.717) is 13.1 Å². The van der Waals surface area contributed by atoms with Gasteiger partial charge >= 0.3 is 5.69 Å². The third kappa shape index (κ3) is 2.52. The Balaban J connectivity index is 2.24. The molecule has 0 aliphatic carbocycles. The lowest BCUT2D eigenvalue weighted by Crippen LogP contribution is -2.28. The fourth-order valence-corrected chi connectivity index (χ4v) is 0.952. The van der Waals surface area contributed by atoms with Crippen LogP contribution in [0.1, 0.15) is 0 Å². The zero-order valence-electron chi connectivity index (χ0n) is 6.92. The number of H-pyrrole nitrogens is 1. The van der Waals surface area contributed by atoms with Gasteiger partial charge in [-0.2, -0.15) is 0 Å². The fraction of sp³-hybridized carbons (Fsp3) is 0.571. The van der Waals surface area contributed by atoms with Crippen LogP contribution in [-0.4, -0.2) is 29.2 Å². The molecular weight excluding hydrogens is 156 g/mol. The zero-order chi connectivity index (χ0) is 8.81. The Kier molecular flexibility index (Phi) is 3.56. The van der Waals surface area contributed by atoms with Gasteiger partial charge in [-0.15, -0.1) is 0 Å². The lowest BCUT2D eigenvalue weighted by Gasteiger charge is -2.01. The molecule has 0 radical (unpaired) electrons. The van der Waals surface area contributed by atoms with Crippen LogP contribution in [0.3, 0.4) is 0 Å². The first kappa shape index (κ1) is 9.02. The average Bonchev–Trinajstić information content (AvgIpc) is 2.46. The van der Waals surface area contributed by atoms with Crippen molar-refractivity contribution in [3.8, 4) is 0 Å². The predicted molar refractivity (Wildman–Crippen MR) is 47.0 cm³/mol. The topological polar surface area (TPSA) is 75.8 Å². The highest BCUT2D eigenvalue weighted by molar-refractivity contribution is 4.75. The van der Waals surface area contributed by atoms with Crippen molar-refractivity contribution in [2.45, 2.75) is 6.54 Å². The molecule has 1 aromatic heterocycles. The maximum Gasteiger partial charge on any atom is 0.325 e. The summed E-state index contributed by atoms with van der Waals surface area (Å²) in [7, 11) is 0. The minimum atomic E-state index is -0.0652. The number of aromatic nitrogens is 2. The molecule has 5 nitrogen and oxygen atoms in total. The highest BCUT2D eigenvalue weighted by Crippen LogP contribution is 1.76. The van der Waals surface area contributed by atoms with Crippen LogP contribution in [0.2, 0.25) is 0 Å². The molecule has 0 saturated heterocycles. The quantitative estimate of drug-likeness (QED) is 0.482. The molecule has 0 aliphatic rings. The van der Waals surface area contributed by atoms with Gasteiger partial charge in [-0.1, -0.05) is 0 Å². The van der Waals surface area contributed by atoms with Gasteiger partial charge in [-0.25, -0.2) is 4.79 Å². The number of hydrogen-bond acceptors (Lipinski definition) is 3. The second-order valence-corrected chi connectivity index (χ2v) is 2.50. The molecule has 12 heavy (non-hydrogen) atoms. The van der Waals surface area contributed by atoms with Gasteiger partial charge in [0.05, 0.1) is 0 Å². The van der Waals surface area contributed by atoms with Gasteiger partial charge in [0.2, 0.25) is 0 Å². The Labute approximate surface area is 70.6 Å². The van der Waals surface area contributed by atoms with Gasteiger partial charge in [-0.3, -0.25) is 4.57 Å². The molecule has 0 spiro atoms. The molecule has 0 aliphatic heterocycles. The average molecular weight is 170 g/mol. The Morgan fingerprint density at radius 3 is 3.00 bits per heavy atom. The molecule has 5 heteroatoms. The second kappa shape index (κ2) is 4.74. The van der Waals surface area contributed by atoms with Crippen molar-refractivity contribution in [3.05, 3.63) is 22.9 Å². The van der Waals surface area contributed by atoms with Gasteiger partial charge in [0, 0.05) is 38.6 Å². The van der Waals surface area contributed by atoms with Crippen molar-refractivity contribution >= 4 is 0 Å². The van der Waals surface area contributed by atoms with Crippen molar-refractivity contribution in [1.29, 1.82) is 0 Å². The van der Waals surface area contributed by atoms with E-state index in [9.17, 15) is 4.79 Å². The van der Waals surface area contributed by atoms with Crippen molar-refractivity contribution in [2.75, 3.05) is 19.6 Å². The van der Waals surface area contributed by atoms with Crippen LogP contribution in [0, 0.1) is 0 Å². The number of rotatable bonds is 5. The number of nitrogens with zero attached hydrogens (tertiary/aromatic N) is 1. The van der Waals surface area contributed by atoms with Crippen molar-refractivity contribution in [2.24, 2.45) is 5.73 Å². The minimum absolute atomic E-state index is 0.0652. The Morgan fingerprint density at radius 1 is 1.58 bits per heavy atom. The number of nitrogens with one attached hydrogen (secondary N) is 2. The Morgan fingerprint density at radius 2 is 2.42 bits per heavy atom. The SMILES string of the molecule is NCCNCCn1cc[nH]c1=O. The monoisotopic (exact) mass is 170 g/mol. The lowest BCUT2D eigenvalue weighted by atomic mass is 10.5. The van der Waals surface area contributed by atoms with Gasteiger partial charge in [-0.05, 0) is 0 Å². The van der Waals surface area contributed by atoms with E-state index in [1.165, 1.54) is 0 Å². The summed E-state index contributed by atoms with van der Waals surface area (Å²) in [4.78, 5) is 13.5. The van der Waals surface area contributed by atoms with Crippen molar-refractivity contribution in [1.82, 2.24) is 14.9 Å². The van der Waals surface area contributed by atoms with Gasteiger partial charge < -0.3 is 16.0 Å². The normalized spacial score (nSPS) is 10.4. The lowest BCUT2D eigenvalue weighted by molar-refractivity contribution is 0.591. The van der Waals surface area contributed by atoms with Crippen LogP contribution in [-0.2, 0) is 6.54 Å². The van der Waals surface area contributed by atoms with Crippen LogP contribution < -0.4 is 16.7 Å². The first-order chi connectivity index (χ1) is 5.84. The van der Waals surface area contributed by atoms with Crippen molar-refractivity contribution < 1.29 is 0 Å². The van der Waals surface area contributed by atoms with E-state index in [0.717, 1.165) is 13.1 Å². The van der Waals surface area contributed by atoms with Crippen LogP contribution in [0.5, 0.6) is 0 Å². The predicted octanol–water partition coefficient (Wildman–Crippen LogP) is -1.28. The van der Waals surface area contributed by atoms with E-state index < -0.39 is 0 Å². The Hall–Kier alpha value is -1.07. The van der Waals surface area contributed by atoms with E-state index in [1.807, 2.05) is 0 Å². The van der Waals surface area contributed by atoms with E-state index >= 15 is 0 Å². The zero-order valence-corrected chi connectivity index (χ0v) is 6.92. The molecule has 4 N–H and O–H groups in total. The summed E-state index contributed by atoms with van der Waals surface area (Å²) >= 11 is 0. The van der Waals surface area contributed by atoms with Gasteiger partial charge in [0.15, 0.2) is 0 Å². The first-order valence-electron chi connectivity index (χ1n) is 3.99. The number of hydrogen-bond donors (Lipinski definition) is 3. The molecule has 0 bridgehead atoms. The molecular formula is C7H14N4O. The molecule has 0 aromatic carbocycles. The van der Waals surface area contributed by atoms with Crippen molar-refractivity contribution in [3.63, 3.8) is 0 Å². The molecule has 0 atom stereocenters. The summed E-state index contributed by atoms with van der Waals surface area (Å²) in [5.41, 5.74) is 5.22. The van der Waals surface area contributed by atoms with E-state index in [1.54, 1.807) is 17.0 Å². The van der Waals surface area contributed by atoms with Crippen LogP contribution in [0.15, 0.2) is 17.2 Å². The highest BCUT2D eigenvalue weighted by Gasteiger charge is 1.93. The summed E-state index contributed by atoms with van der Waals surface area (Å²) in [6.07, 6.45) is 3.36. The molecule has 0 fully saturated rings. The molecule has 1 aromatic rings. The number of nitrogens with two attached hydrogens (primary N) is 1. The maximum atomic E-state index is 10.9. The Bertz CT molecular complexity index is 264. The molecule has 1 heterocycles. The summed E-state index contributed by atoms with van der Waals surface area (Å²) in [6, 6.07) is 0. The molecule has 0 saturated carbocycles. The maximum absolute atomic E-state index is 10.9. The standard InChI is InChI=1S/C7H14N4O/c8-1-2-9-3-5-11-6-4-10-7(11)12/h4,6,9H,1-3,5,8H2,(H,10,12). The van der Waals surface area contributed by atoms with Gasteiger partial charge in [0.25, 0.3) is 0 Å². The second-order valence-electron chi connectivity index (χ2n) is 2.50. The van der Waals surface area contributed by atoms with Crippen LogP contribution in [0.4, 0.5) is 0 Å². The summed E-state index contributed by atoms with van der Waals surface area (Å²) in [5.74, 6) is 0. The van der Waals surface area contributed by atoms with Crippen LogP contribution in [0.25, 0.3) is 0 Å². The third-order valence-electron chi connectivity index (χ3n) is 1.57. The smallest absolute Gasteiger partial charge is 0.325 e. The molecule has 0 amide bonds. The van der Waals surface area contributed by atoms with E-state index in [2.05, 4.69) is 10.3 Å².